The summed E-state index contributed by atoms with van der Waals surface area (Å²) in [5.41, 5.74) is 1.22. The zero-order chi connectivity index (χ0) is 17.2. The predicted octanol–water partition coefficient (Wildman–Crippen LogP) is 2.62. The fourth-order valence-electron chi connectivity index (χ4n) is 3.76. The van der Waals surface area contributed by atoms with Crippen molar-refractivity contribution in [3.8, 4) is 0 Å². The summed E-state index contributed by atoms with van der Waals surface area (Å²) in [6, 6.07) is 6.74. The highest BCUT2D eigenvalue weighted by molar-refractivity contribution is 7.11. The van der Waals surface area contributed by atoms with Crippen molar-refractivity contribution >= 4 is 17.4 Å². The number of nitrogens with zero attached hydrogens (tertiary/aromatic N) is 4. The van der Waals surface area contributed by atoms with Gasteiger partial charge in [0, 0.05) is 55.2 Å². The van der Waals surface area contributed by atoms with Crippen LogP contribution in [0.1, 0.15) is 34.3 Å². The molecule has 0 bridgehead atoms. The fraction of sp³-hybridized carbons (Fsp3) is 0.556. The van der Waals surface area contributed by atoms with Crippen molar-refractivity contribution in [1.29, 1.82) is 0 Å². The van der Waals surface area contributed by atoms with Crippen LogP contribution >= 0.6 is 11.3 Å². The standard InChI is InChI=1S/C18H25N5OS/c1-14-4-5-17(25-14)13-21-11-15-6-7-20-23(15)16(12-21)10-19-18(24)22-8-2-3-9-22/h4-7,16H,2-3,8-13H2,1H3,(H,19,24). The van der Waals surface area contributed by atoms with E-state index in [0.717, 1.165) is 45.6 Å². The summed E-state index contributed by atoms with van der Waals surface area (Å²) < 4.78 is 2.08. The van der Waals surface area contributed by atoms with Crippen molar-refractivity contribution in [2.24, 2.45) is 0 Å². The number of hydrogen-bond donors (Lipinski definition) is 1. The van der Waals surface area contributed by atoms with Crippen LogP contribution in [0.4, 0.5) is 4.79 Å². The number of rotatable bonds is 4. The van der Waals surface area contributed by atoms with Gasteiger partial charge in [-0.2, -0.15) is 5.10 Å². The second-order valence-electron chi connectivity index (χ2n) is 6.98. The molecule has 4 heterocycles. The monoisotopic (exact) mass is 359 g/mol. The summed E-state index contributed by atoms with van der Waals surface area (Å²) in [6.45, 7) is 7.32. The van der Waals surface area contributed by atoms with Gasteiger partial charge in [0.25, 0.3) is 0 Å². The normalized spacial score (nSPS) is 20.7. The Morgan fingerprint density at radius 1 is 1.32 bits per heavy atom. The number of aromatic nitrogens is 2. The molecule has 2 aromatic rings. The lowest BCUT2D eigenvalue weighted by molar-refractivity contribution is 0.162. The van der Waals surface area contributed by atoms with Crippen LogP contribution in [0.25, 0.3) is 0 Å². The minimum Gasteiger partial charge on any atom is -0.336 e. The van der Waals surface area contributed by atoms with Gasteiger partial charge in [-0.3, -0.25) is 9.58 Å². The van der Waals surface area contributed by atoms with Gasteiger partial charge in [0.2, 0.25) is 0 Å². The van der Waals surface area contributed by atoms with Crippen molar-refractivity contribution in [2.45, 2.75) is 38.9 Å². The molecule has 134 valence electrons. The Labute approximate surface area is 152 Å². The molecular weight excluding hydrogens is 334 g/mol. The minimum absolute atomic E-state index is 0.0669. The molecule has 7 heteroatoms. The van der Waals surface area contributed by atoms with Crippen molar-refractivity contribution in [2.75, 3.05) is 26.2 Å². The van der Waals surface area contributed by atoms with E-state index >= 15 is 0 Å². The Bertz CT molecular complexity index is 733. The van der Waals surface area contributed by atoms with E-state index in [2.05, 4.69) is 45.1 Å². The molecule has 1 atom stereocenters. The largest absolute Gasteiger partial charge is 0.336 e. The van der Waals surface area contributed by atoms with Gasteiger partial charge >= 0.3 is 6.03 Å². The first-order valence-corrected chi connectivity index (χ1v) is 9.83. The number of nitrogens with one attached hydrogen (secondary N) is 1. The first kappa shape index (κ1) is 16.6. The number of likely N-dealkylation sites (tertiary alicyclic amines) is 1. The molecule has 4 rings (SSSR count). The SMILES string of the molecule is Cc1ccc(CN2Cc3ccnn3C(CNC(=O)N3CCCC3)C2)s1. The summed E-state index contributed by atoms with van der Waals surface area (Å²) in [5.74, 6) is 0. The van der Waals surface area contributed by atoms with E-state index in [1.807, 2.05) is 22.4 Å². The molecule has 0 aliphatic carbocycles. The Hall–Kier alpha value is -1.86. The molecule has 25 heavy (non-hydrogen) atoms. The molecule has 0 radical (unpaired) electrons. The lowest BCUT2D eigenvalue weighted by Crippen LogP contribution is -2.45. The maximum atomic E-state index is 12.3. The molecule has 0 saturated carbocycles. The zero-order valence-electron chi connectivity index (χ0n) is 14.6. The van der Waals surface area contributed by atoms with Crippen molar-refractivity contribution in [3.63, 3.8) is 0 Å². The summed E-state index contributed by atoms with van der Waals surface area (Å²) in [6.07, 6.45) is 4.10. The maximum Gasteiger partial charge on any atom is 0.317 e. The minimum atomic E-state index is 0.0669. The highest BCUT2D eigenvalue weighted by Crippen LogP contribution is 2.24. The number of carbonyl (C=O) groups is 1. The van der Waals surface area contributed by atoms with Crippen molar-refractivity contribution < 1.29 is 4.79 Å². The van der Waals surface area contributed by atoms with Gasteiger partial charge < -0.3 is 10.2 Å². The number of hydrogen-bond acceptors (Lipinski definition) is 4. The van der Waals surface area contributed by atoms with Gasteiger partial charge in [0.15, 0.2) is 0 Å². The third-order valence-corrected chi connectivity index (χ3v) is 6.00. The van der Waals surface area contributed by atoms with E-state index in [1.165, 1.54) is 15.4 Å². The van der Waals surface area contributed by atoms with E-state index in [4.69, 9.17) is 0 Å². The number of carbonyl (C=O) groups excluding carboxylic acids is 1. The van der Waals surface area contributed by atoms with Gasteiger partial charge in [-0.15, -0.1) is 11.3 Å². The molecule has 2 aliphatic heterocycles. The van der Waals surface area contributed by atoms with E-state index in [9.17, 15) is 4.79 Å². The van der Waals surface area contributed by atoms with Gasteiger partial charge in [0.05, 0.1) is 11.7 Å². The average molecular weight is 359 g/mol. The Morgan fingerprint density at radius 2 is 2.16 bits per heavy atom. The van der Waals surface area contributed by atoms with Crippen LogP contribution in [-0.4, -0.2) is 51.8 Å². The molecule has 1 saturated heterocycles. The second kappa shape index (κ2) is 7.17. The summed E-state index contributed by atoms with van der Waals surface area (Å²) in [5, 5.41) is 7.60. The third-order valence-electron chi connectivity index (χ3n) is 5.01. The number of thiophene rings is 1. The van der Waals surface area contributed by atoms with Crippen molar-refractivity contribution in [1.82, 2.24) is 24.9 Å². The molecule has 6 nitrogen and oxygen atoms in total. The number of fused-ring (bicyclic) bond motifs is 1. The Balaban J connectivity index is 1.40. The van der Waals surface area contributed by atoms with Crippen LogP contribution in [0, 0.1) is 6.92 Å². The number of urea groups is 1. The van der Waals surface area contributed by atoms with Gasteiger partial charge in [-0.05, 0) is 38.0 Å². The van der Waals surface area contributed by atoms with E-state index in [-0.39, 0.29) is 12.1 Å². The molecule has 2 aromatic heterocycles. The van der Waals surface area contributed by atoms with Crippen LogP contribution in [0.15, 0.2) is 24.4 Å². The topological polar surface area (TPSA) is 53.4 Å². The van der Waals surface area contributed by atoms with Crippen molar-refractivity contribution in [3.05, 3.63) is 39.8 Å². The van der Waals surface area contributed by atoms with Crippen LogP contribution in [0.2, 0.25) is 0 Å². The predicted molar refractivity (Wildman–Crippen MR) is 98.6 cm³/mol. The molecule has 1 N–H and O–H groups in total. The Morgan fingerprint density at radius 3 is 2.92 bits per heavy atom. The number of aryl methyl sites for hydroxylation is 1. The average Bonchev–Trinajstić information content (AvgIpc) is 3.33. The van der Waals surface area contributed by atoms with Gasteiger partial charge in [-0.1, -0.05) is 0 Å². The number of amides is 2. The van der Waals surface area contributed by atoms with Crippen LogP contribution in [0.5, 0.6) is 0 Å². The first-order chi connectivity index (χ1) is 12.2. The smallest absolute Gasteiger partial charge is 0.317 e. The molecule has 1 unspecified atom stereocenters. The quantitative estimate of drug-likeness (QED) is 0.913. The fourth-order valence-corrected chi connectivity index (χ4v) is 4.70. The van der Waals surface area contributed by atoms with E-state index in [1.54, 1.807) is 0 Å². The lowest BCUT2D eigenvalue weighted by Gasteiger charge is -2.34. The second-order valence-corrected chi connectivity index (χ2v) is 8.36. The Kier molecular flexibility index (Phi) is 4.76. The van der Waals surface area contributed by atoms with Gasteiger partial charge in [-0.25, -0.2) is 4.79 Å². The molecular formula is C18H25N5OS. The van der Waals surface area contributed by atoms with Crippen LogP contribution in [0.3, 0.4) is 0 Å². The molecule has 2 aliphatic rings. The highest BCUT2D eigenvalue weighted by atomic mass is 32.1. The maximum absolute atomic E-state index is 12.3. The third kappa shape index (κ3) is 3.72. The summed E-state index contributed by atoms with van der Waals surface area (Å²) >= 11 is 1.86. The summed E-state index contributed by atoms with van der Waals surface area (Å²) in [7, 11) is 0. The highest BCUT2D eigenvalue weighted by Gasteiger charge is 2.27. The van der Waals surface area contributed by atoms with Crippen LogP contribution in [-0.2, 0) is 13.1 Å². The lowest BCUT2D eigenvalue weighted by atomic mass is 10.2. The summed E-state index contributed by atoms with van der Waals surface area (Å²) in [4.78, 5) is 19.4. The molecule has 0 spiro atoms. The zero-order valence-corrected chi connectivity index (χ0v) is 15.5. The van der Waals surface area contributed by atoms with Gasteiger partial charge in [0.1, 0.15) is 0 Å². The molecule has 1 fully saturated rings. The van der Waals surface area contributed by atoms with Crippen LogP contribution < -0.4 is 5.32 Å². The first-order valence-electron chi connectivity index (χ1n) is 9.02. The molecule has 2 amide bonds. The van der Waals surface area contributed by atoms with E-state index in [0.29, 0.717) is 6.54 Å². The van der Waals surface area contributed by atoms with E-state index < -0.39 is 0 Å². The molecule has 0 aromatic carbocycles.